The summed E-state index contributed by atoms with van der Waals surface area (Å²) in [6.45, 7) is 2.34. The molecule has 0 aromatic rings. The first-order valence-corrected chi connectivity index (χ1v) is 6.21. The van der Waals surface area contributed by atoms with Crippen molar-refractivity contribution in [2.45, 2.75) is 32.6 Å². The molecule has 0 saturated carbocycles. The van der Waals surface area contributed by atoms with E-state index in [0.717, 1.165) is 25.7 Å². The van der Waals surface area contributed by atoms with Crippen LogP contribution in [0.2, 0.25) is 0 Å². The fraction of sp³-hybridized carbons (Fsp3) is 0.900. The lowest BCUT2D eigenvalue weighted by atomic mass is 9.87. The van der Waals surface area contributed by atoms with Crippen LogP contribution in [0.15, 0.2) is 0 Å². The third-order valence-electron chi connectivity index (χ3n) is 2.40. The zero-order valence-corrected chi connectivity index (χ0v) is 10.6. The Morgan fingerprint density at radius 1 is 1.33 bits per heavy atom. The van der Waals surface area contributed by atoms with Gasteiger partial charge in [-0.1, -0.05) is 26.2 Å². The van der Waals surface area contributed by atoms with E-state index in [4.69, 9.17) is 33.7 Å². The van der Waals surface area contributed by atoms with Gasteiger partial charge >= 0.3 is 6.09 Å². The number of hydrogen-bond donors (Lipinski definition) is 1. The van der Waals surface area contributed by atoms with E-state index in [-0.39, 0.29) is 12.0 Å². The van der Waals surface area contributed by atoms with Gasteiger partial charge in [-0.05, 0) is 6.42 Å². The monoisotopic (exact) mass is 255 g/mol. The molecule has 0 aromatic carbocycles. The first kappa shape index (κ1) is 14.8. The van der Waals surface area contributed by atoms with Crippen molar-refractivity contribution in [1.82, 2.24) is 0 Å². The molecule has 0 rings (SSSR count). The normalized spacial score (nSPS) is 11.4. The topological polar surface area (TPSA) is 52.3 Å². The Bertz CT molecular complexity index is 184. The molecular formula is C10H19Cl2NO2. The summed E-state index contributed by atoms with van der Waals surface area (Å²) in [5.74, 6) is 0.765. The molecule has 0 radical (unpaired) electrons. The standard InChI is InChI=1S/C10H19Cl2NO2/c1-2-3-4-5-10(6-11,7-12)8-15-9(13)14/h2-8H2,1H3,(H2,13,14). The third-order valence-corrected chi connectivity index (χ3v) is 3.53. The van der Waals surface area contributed by atoms with Gasteiger partial charge < -0.3 is 10.5 Å². The summed E-state index contributed by atoms with van der Waals surface area (Å²) < 4.78 is 4.79. The van der Waals surface area contributed by atoms with Crippen molar-refractivity contribution in [3.8, 4) is 0 Å². The molecule has 1 amide bonds. The smallest absolute Gasteiger partial charge is 0.404 e. The van der Waals surface area contributed by atoms with Gasteiger partial charge in [0.1, 0.15) is 6.61 Å². The highest BCUT2D eigenvalue weighted by atomic mass is 35.5. The van der Waals surface area contributed by atoms with Crippen LogP contribution in [-0.4, -0.2) is 24.5 Å². The molecule has 0 unspecified atom stereocenters. The van der Waals surface area contributed by atoms with Gasteiger partial charge in [-0.25, -0.2) is 4.79 Å². The van der Waals surface area contributed by atoms with Gasteiger partial charge in [-0.2, -0.15) is 0 Å². The fourth-order valence-corrected chi connectivity index (χ4v) is 2.00. The summed E-state index contributed by atoms with van der Waals surface area (Å²) in [5, 5.41) is 0. The molecule has 0 fully saturated rings. The second-order valence-electron chi connectivity index (χ2n) is 3.83. The molecule has 0 bridgehead atoms. The highest BCUT2D eigenvalue weighted by Gasteiger charge is 2.29. The van der Waals surface area contributed by atoms with Gasteiger partial charge in [0.2, 0.25) is 0 Å². The maximum atomic E-state index is 10.5. The molecule has 15 heavy (non-hydrogen) atoms. The van der Waals surface area contributed by atoms with Crippen molar-refractivity contribution in [3.05, 3.63) is 0 Å². The summed E-state index contributed by atoms with van der Waals surface area (Å²) in [6.07, 6.45) is 3.40. The van der Waals surface area contributed by atoms with Crippen LogP contribution in [0.3, 0.4) is 0 Å². The summed E-state index contributed by atoms with van der Waals surface area (Å²) in [5.41, 5.74) is 4.59. The highest BCUT2D eigenvalue weighted by molar-refractivity contribution is 6.21. The third kappa shape index (κ3) is 6.10. The number of carbonyl (C=O) groups is 1. The first-order valence-electron chi connectivity index (χ1n) is 5.14. The molecular weight excluding hydrogens is 237 g/mol. The van der Waals surface area contributed by atoms with Gasteiger partial charge in [0.25, 0.3) is 0 Å². The summed E-state index contributed by atoms with van der Waals surface area (Å²) >= 11 is 11.7. The Morgan fingerprint density at radius 2 is 1.93 bits per heavy atom. The molecule has 0 spiro atoms. The zero-order chi connectivity index (χ0) is 11.7. The van der Waals surface area contributed by atoms with E-state index in [2.05, 4.69) is 6.92 Å². The number of primary amides is 1. The minimum Gasteiger partial charge on any atom is -0.449 e. The van der Waals surface area contributed by atoms with Crippen LogP contribution in [0.25, 0.3) is 0 Å². The van der Waals surface area contributed by atoms with Crippen LogP contribution in [0.1, 0.15) is 32.6 Å². The number of hydrogen-bond acceptors (Lipinski definition) is 2. The van der Waals surface area contributed by atoms with E-state index < -0.39 is 6.09 Å². The van der Waals surface area contributed by atoms with Crippen molar-refractivity contribution >= 4 is 29.3 Å². The first-order chi connectivity index (χ1) is 7.10. The molecule has 0 atom stereocenters. The maximum absolute atomic E-state index is 10.5. The molecule has 0 aromatic heterocycles. The van der Waals surface area contributed by atoms with E-state index in [1.54, 1.807) is 0 Å². The minimum absolute atomic E-state index is 0.207. The lowest BCUT2D eigenvalue weighted by molar-refractivity contribution is 0.104. The Balaban J connectivity index is 4.10. The van der Waals surface area contributed by atoms with Gasteiger partial charge in [-0.3, -0.25) is 0 Å². The Morgan fingerprint density at radius 3 is 2.33 bits per heavy atom. The number of halogens is 2. The predicted molar refractivity (Wildman–Crippen MR) is 63.6 cm³/mol. The van der Waals surface area contributed by atoms with Gasteiger partial charge in [0.05, 0.1) is 0 Å². The second kappa shape index (κ2) is 8.05. The summed E-state index contributed by atoms with van der Waals surface area (Å²) in [7, 11) is 0. The van der Waals surface area contributed by atoms with E-state index in [9.17, 15) is 4.79 Å². The maximum Gasteiger partial charge on any atom is 0.404 e. The van der Waals surface area contributed by atoms with Crippen LogP contribution in [0, 0.1) is 5.41 Å². The van der Waals surface area contributed by atoms with E-state index in [1.165, 1.54) is 0 Å². The molecule has 0 aliphatic rings. The van der Waals surface area contributed by atoms with Gasteiger partial charge in [0.15, 0.2) is 0 Å². The van der Waals surface area contributed by atoms with Crippen molar-refractivity contribution in [2.75, 3.05) is 18.4 Å². The average Bonchev–Trinajstić information content (AvgIpc) is 2.23. The molecule has 0 aliphatic heterocycles. The Labute approximate surface area is 101 Å². The molecule has 2 N–H and O–H groups in total. The van der Waals surface area contributed by atoms with Gasteiger partial charge in [0, 0.05) is 17.2 Å². The predicted octanol–water partition coefficient (Wildman–Crippen LogP) is 3.13. The van der Waals surface area contributed by atoms with Crippen LogP contribution < -0.4 is 5.73 Å². The number of unbranched alkanes of at least 4 members (excludes halogenated alkanes) is 2. The van der Waals surface area contributed by atoms with Crippen molar-refractivity contribution in [3.63, 3.8) is 0 Å². The fourth-order valence-electron chi connectivity index (χ4n) is 1.29. The van der Waals surface area contributed by atoms with E-state index >= 15 is 0 Å². The number of nitrogens with two attached hydrogens (primary N) is 1. The average molecular weight is 256 g/mol. The Kier molecular flexibility index (Phi) is 7.97. The zero-order valence-electron chi connectivity index (χ0n) is 9.10. The Hall–Kier alpha value is -0.150. The largest absolute Gasteiger partial charge is 0.449 e. The van der Waals surface area contributed by atoms with Crippen LogP contribution in [-0.2, 0) is 4.74 Å². The van der Waals surface area contributed by atoms with E-state index in [1.807, 2.05) is 0 Å². The summed E-state index contributed by atoms with van der Waals surface area (Å²) in [6, 6.07) is 0. The lowest BCUT2D eigenvalue weighted by Crippen LogP contribution is -2.33. The van der Waals surface area contributed by atoms with Crippen molar-refractivity contribution in [1.29, 1.82) is 0 Å². The van der Waals surface area contributed by atoms with E-state index in [0.29, 0.717) is 11.8 Å². The molecule has 0 aliphatic carbocycles. The number of amides is 1. The SMILES string of the molecule is CCCCCC(CCl)(CCl)COC(N)=O. The molecule has 0 saturated heterocycles. The number of alkyl halides is 2. The minimum atomic E-state index is -0.773. The number of carbonyl (C=O) groups excluding carboxylic acids is 1. The molecule has 5 heteroatoms. The van der Waals surface area contributed by atoms with Gasteiger partial charge in [-0.15, -0.1) is 23.2 Å². The molecule has 90 valence electrons. The summed E-state index contributed by atoms with van der Waals surface area (Å²) in [4.78, 5) is 10.5. The molecule has 3 nitrogen and oxygen atoms in total. The molecule has 0 heterocycles. The highest BCUT2D eigenvalue weighted by Crippen LogP contribution is 2.29. The lowest BCUT2D eigenvalue weighted by Gasteiger charge is -2.28. The van der Waals surface area contributed by atoms with Crippen LogP contribution in [0.4, 0.5) is 4.79 Å². The number of rotatable bonds is 8. The van der Waals surface area contributed by atoms with Crippen molar-refractivity contribution < 1.29 is 9.53 Å². The van der Waals surface area contributed by atoms with Crippen LogP contribution in [0.5, 0.6) is 0 Å². The second-order valence-corrected chi connectivity index (χ2v) is 4.37. The van der Waals surface area contributed by atoms with Crippen molar-refractivity contribution in [2.24, 2.45) is 11.1 Å². The quantitative estimate of drug-likeness (QED) is 0.535. The number of ether oxygens (including phenoxy) is 1. The van der Waals surface area contributed by atoms with Crippen LogP contribution >= 0.6 is 23.2 Å².